The fraction of sp³-hybridized carbons (Fsp3) is 0.500. The Morgan fingerprint density at radius 2 is 2.09 bits per heavy atom. The number of benzene rings is 1. The van der Waals surface area contributed by atoms with E-state index in [4.69, 9.17) is 22.4 Å². The van der Waals surface area contributed by atoms with Crippen molar-refractivity contribution >= 4 is 23.1 Å². The van der Waals surface area contributed by atoms with E-state index in [0.717, 1.165) is 48.8 Å². The monoisotopic (exact) mass is 332 g/mol. The third kappa shape index (κ3) is 2.98. The van der Waals surface area contributed by atoms with Crippen molar-refractivity contribution in [3.8, 4) is 0 Å². The van der Waals surface area contributed by atoms with E-state index in [0.29, 0.717) is 6.54 Å². The van der Waals surface area contributed by atoms with Crippen molar-refractivity contribution in [2.75, 3.05) is 18.0 Å². The molecule has 0 amide bonds. The highest BCUT2D eigenvalue weighted by Crippen LogP contribution is 2.40. The van der Waals surface area contributed by atoms with Crippen molar-refractivity contribution < 1.29 is 0 Å². The van der Waals surface area contributed by atoms with Crippen LogP contribution in [0.4, 0.5) is 11.5 Å². The first-order valence-electron chi connectivity index (χ1n) is 8.32. The van der Waals surface area contributed by atoms with Crippen molar-refractivity contribution in [2.24, 2.45) is 12.8 Å². The highest BCUT2D eigenvalue weighted by molar-refractivity contribution is 6.33. The molecule has 5 heteroatoms. The van der Waals surface area contributed by atoms with Gasteiger partial charge in [-0.3, -0.25) is 4.68 Å². The molecule has 0 aliphatic carbocycles. The van der Waals surface area contributed by atoms with Crippen LogP contribution in [-0.2, 0) is 19.9 Å². The Labute approximate surface area is 143 Å². The van der Waals surface area contributed by atoms with Gasteiger partial charge in [0, 0.05) is 24.8 Å². The minimum atomic E-state index is 0.715. The van der Waals surface area contributed by atoms with Crippen molar-refractivity contribution in [2.45, 2.75) is 39.5 Å². The molecule has 0 saturated carbocycles. The third-order valence-corrected chi connectivity index (χ3v) is 4.89. The zero-order valence-electron chi connectivity index (χ0n) is 14.2. The number of aryl methyl sites for hydroxylation is 3. The number of hydrogen-bond acceptors (Lipinski definition) is 3. The first kappa shape index (κ1) is 16.3. The van der Waals surface area contributed by atoms with Crippen molar-refractivity contribution in [3.63, 3.8) is 0 Å². The molecule has 0 radical (unpaired) electrons. The molecule has 0 spiro atoms. The lowest BCUT2D eigenvalue weighted by Gasteiger charge is -2.30. The summed E-state index contributed by atoms with van der Waals surface area (Å²) in [5.74, 6) is 1.07. The quantitative estimate of drug-likeness (QED) is 0.929. The van der Waals surface area contributed by atoms with Crippen LogP contribution in [-0.4, -0.2) is 22.9 Å². The average molecular weight is 333 g/mol. The lowest BCUT2D eigenvalue weighted by atomic mass is 10.0. The van der Waals surface area contributed by atoms with Gasteiger partial charge >= 0.3 is 0 Å². The summed E-state index contributed by atoms with van der Waals surface area (Å²) in [7, 11) is 2.03. The van der Waals surface area contributed by atoms with Gasteiger partial charge in [0.05, 0.1) is 10.7 Å². The van der Waals surface area contributed by atoms with Crippen LogP contribution < -0.4 is 10.6 Å². The number of fused-ring (bicyclic) bond motifs is 1. The molecule has 23 heavy (non-hydrogen) atoms. The summed E-state index contributed by atoms with van der Waals surface area (Å²) in [6.45, 7) is 5.88. The summed E-state index contributed by atoms with van der Waals surface area (Å²) in [5, 5.41) is 5.62. The fourth-order valence-electron chi connectivity index (χ4n) is 3.63. The van der Waals surface area contributed by atoms with Crippen LogP contribution in [0.3, 0.4) is 0 Å². The Morgan fingerprint density at radius 3 is 2.78 bits per heavy atom. The molecule has 1 aliphatic heterocycles. The standard InChI is InChI=1S/C18H25ClN4/c1-12-10-13(2)17(15(19)11-12)23-9-5-6-14-16(7-4-8-20)22(3)21-18(14)23/h10-11H,4-9,20H2,1-3H3. The van der Waals surface area contributed by atoms with Crippen LogP contribution in [0.1, 0.15) is 35.2 Å². The van der Waals surface area contributed by atoms with Crippen molar-refractivity contribution in [1.82, 2.24) is 9.78 Å². The zero-order valence-corrected chi connectivity index (χ0v) is 15.0. The van der Waals surface area contributed by atoms with Gasteiger partial charge in [-0.25, -0.2) is 0 Å². The molecule has 3 rings (SSSR count). The first-order valence-corrected chi connectivity index (χ1v) is 8.69. The molecule has 1 aliphatic rings. The maximum absolute atomic E-state index is 6.57. The molecule has 2 N–H and O–H groups in total. The lowest BCUT2D eigenvalue weighted by Crippen LogP contribution is -2.25. The first-order chi connectivity index (χ1) is 11.0. The molecule has 2 aromatic rings. The fourth-order valence-corrected chi connectivity index (χ4v) is 4.05. The van der Waals surface area contributed by atoms with Gasteiger partial charge in [-0.1, -0.05) is 17.7 Å². The van der Waals surface area contributed by atoms with Gasteiger partial charge in [0.25, 0.3) is 0 Å². The maximum Gasteiger partial charge on any atom is 0.158 e. The van der Waals surface area contributed by atoms with Gasteiger partial charge in [0.1, 0.15) is 0 Å². The summed E-state index contributed by atoms with van der Waals surface area (Å²) in [6.07, 6.45) is 4.19. The van der Waals surface area contributed by atoms with E-state index in [9.17, 15) is 0 Å². The molecule has 0 saturated heterocycles. The van der Waals surface area contributed by atoms with Crippen molar-refractivity contribution in [3.05, 3.63) is 39.5 Å². The van der Waals surface area contributed by atoms with Gasteiger partial charge in [-0.15, -0.1) is 0 Å². The zero-order chi connectivity index (χ0) is 16.6. The highest BCUT2D eigenvalue weighted by atomic mass is 35.5. The predicted octanol–water partition coefficient (Wildman–Crippen LogP) is 3.67. The minimum Gasteiger partial charge on any atom is -0.330 e. The second-order valence-corrected chi connectivity index (χ2v) is 6.84. The lowest BCUT2D eigenvalue weighted by molar-refractivity contribution is 0.683. The predicted molar refractivity (Wildman–Crippen MR) is 96.8 cm³/mol. The van der Waals surface area contributed by atoms with Crippen LogP contribution in [0.25, 0.3) is 0 Å². The maximum atomic E-state index is 6.57. The number of halogens is 1. The Bertz CT molecular complexity index is 697. The average Bonchev–Trinajstić information content (AvgIpc) is 2.80. The molecule has 0 atom stereocenters. The Morgan fingerprint density at radius 1 is 1.30 bits per heavy atom. The SMILES string of the molecule is Cc1cc(C)c(N2CCCc3c2nn(C)c3CCCN)c(Cl)c1. The number of nitrogens with two attached hydrogens (primary N) is 1. The molecule has 2 heterocycles. The van der Waals surface area contributed by atoms with E-state index in [1.165, 1.54) is 22.4 Å². The largest absolute Gasteiger partial charge is 0.330 e. The number of aromatic nitrogens is 2. The van der Waals surface area contributed by atoms with Crippen LogP contribution in [0.2, 0.25) is 5.02 Å². The Kier molecular flexibility index (Phi) is 4.64. The van der Waals surface area contributed by atoms with E-state index in [2.05, 4.69) is 24.8 Å². The van der Waals surface area contributed by atoms with Crippen LogP contribution >= 0.6 is 11.6 Å². The van der Waals surface area contributed by atoms with Gasteiger partial charge in [-0.2, -0.15) is 5.10 Å². The Balaban J connectivity index is 2.06. The third-order valence-electron chi connectivity index (χ3n) is 4.60. The van der Waals surface area contributed by atoms with Gasteiger partial charge < -0.3 is 10.6 Å². The summed E-state index contributed by atoms with van der Waals surface area (Å²) < 4.78 is 2.02. The summed E-state index contributed by atoms with van der Waals surface area (Å²) in [6, 6.07) is 4.23. The van der Waals surface area contributed by atoms with E-state index >= 15 is 0 Å². The van der Waals surface area contributed by atoms with Gasteiger partial charge in [0.2, 0.25) is 0 Å². The van der Waals surface area contributed by atoms with Gasteiger partial charge in [-0.05, 0) is 63.3 Å². The van der Waals surface area contributed by atoms with Crippen molar-refractivity contribution in [1.29, 1.82) is 0 Å². The van der Waals surface area contributed by atoms with Crippen LogP contribution in [0.15, 0.2) is 12.1 Å². The van der Waals surface area contributed by atoms with E-state index in [1.54, 1.807) is 0 Å². The molecule has 0 unspecified atom stereocenters. The molecule has 4 nitrogen and oxygen atoms in total. The number of anilines is 2. The summed E-state index contributed by atoms with van der Waals surface area (Å²) >= 11 is 6.57. The number of rotatable bonds is 4. The molecular weight excluding hydrogens is 308 g/mol. The molecule has 1 aromatic carbocycles. The second kappa shape index (κ2) is 6.54. The van der Waals surface area contributed by atoms with E-state index in [1.807, 2.05) is 17.8 Å². The smallest absolute Gasteiger partial charge is 0.158 e. The molecular formula is C18H25ClN4. The normalized spacial score (nSPS) is 14.2. The topological polar surface area (TPSA) is 47.1 Å². The van der Waals surface area contributed by atoms with Crippen LogP contribution in [0.5, 0.6) is 0 Å². The minimum absolute atomic E-state index is 0.715. The Hall–Kier alpha value is -1.52. The highest BCUT2D eigenvalue weighted by Gasteiger charge is 2.27. The second-order valence-electron chi connectivity index (χ2n) is 6.43. The molecule has 0 bridgehead atoms. The number of nitrogens with zero attached hydrogens (tertiary/aromatic N) is 3. The van der Waals surface area contributed by atoms with E-state index in [-0.39, 0.29) is 0 Å². The number of hydrogen-bond donors (Lipinski definition) is 1. The van der Waals surface area contributed by atoms with Gasteiger partial charge in [0.15, 0.2) is 5.82 Å². The molecule has 124 valence electrons. The molecule has 0 fully saturated rings. The molecule has 1 aromatic heterocycles. The summed E-state index contributed by atoms with van der Waals surface area (Å²) in [5.41, 5.74) is 11.9. The summed E-state index contributed by atoms with van der Waals surface area (Å²) in [4.78, 5) is 2.29. The van der Waals surface area contributed by atoms with E-state index < -0.39 is 0 Å². The van der Waals surface area contributed by atoms with Crippen LogP contribution in [0, 0.1) is 13.8 Å².